The Bertz CT molecular complexity index is 364. The van der Waals surface area contributed by atoms with Gasteiger partial charge in [0.2, 0.25) is 0 Å². The molecule has 0 spiro atoms. The molecule has 0 bridgehead atoms. The first-order valence-electron chi connectivity index (χ1n) is 4.77. The number of benzene rings is 1. The van der Waals surface area contributed by atoms with Crippen LogP contribution in [0.2, 0.25) is 5.02 Å². The van der Waals surface area contributed by atoms with Crippen molar-refractivity contribution in [2.24, 2.45) is 5.92 Å². The third-order valence-corrected chi connectivity index (χ3v) is 2.11. The van der Waals surface area contributed by atoms with Gasteiger partial charge in [-0.15, -0.1) is 0 Å². The van der Waals surface area contributed by atoms with Gasteiger partial charge >= 0.3 is 0 Å². The average molecular weight is 228 g/mol. The summed E-state index contributed by atoms with van der Waals surface area (Å²) in [7, 11) is 0. The largest absolute Gasteiger partial charge is 0.507 e. The molecule has 1 rings (SSSR count). The van der Waals surface area contributed by atoms with E-state index in [9.17, 15) is 9.90 Å². The van der Waals surface area contributed by atoms with Crippen LogP contribution >= 0.6 is 11.6 Å². The Morgan fingerprint density at radius 3 is 2.73 bits per heavy atom. The quantitative estimate of drug-likeness (QED) is 0.833. The lowest BCUT2D eigenvalue weighted by atomic mass is 10.1. The van der Waals surface area contributed by atoms with Crippen LogP contribution in [-0.4, -0.2) is 17.6 Å². The minimum absolute atomic E-state index is 0.0937. The van der Waals surface area contributed by atoms with Crippen molar-refractivity contribution in [2.75, 3.05) is 6.54 Å². The summed E-state index contributed by atoms with van der Waals surface area (Å²) in [4.78, 5) is 11.6. The minimum Gasteiger partial charge on any atom is -0.507 e. The molecule has 1 aromatic rings. The SMILES string of the molecule is CC(C)CNC(=O)c1ccc(Cl)cc1O. The highest BCUT2D eigenvalue weighted by atomic mass is 35.5. The molecule has 1 aromatic carbocycles. The van der Waals surface area contributed by atoms with E-state index in [1.165, 1.54) is 12.1 Å². The summed E-state index contributed by atoms with van der Waals surface area (Å²) >= 11 is 5.66. The van der Waals surface area contributed by atoms with Crippen molar-refractivity contribution in [3.8, 4) is 5.75 Å². The van der Waals surface area contributed by atoms with Gasteiger partial charge in [-0.2, -0.15) is 0 Å². The summed E-state index contributed by atoms with van der Waals surface area (Å²) in [6, 6.07) is 4.44. The van der Waals surface area contributed by atoms with Gasteiger partial charge in [-0.05, 0) is 24.1 Å². The fraction of sp³-hybridized carbons (Fsp3) is 0.364. The van der Waals surface area contributed by atoms with Crippen LogP contribution in [0.1, 0.15) is 24.2 Å². The number of carbonyl (C=O) groups is 1. The van der Waals surface area contributed by atoms with E-state index in [4.69, 9.17) is 11.6 Å². The maximum Gasteiger partial charge on any atom is 0.255 e. The van der Waals surface area contributed by atoms with Gasteiger partial charge in [-0.25, -0.2) is 0 Å². The van der Waals surface area contributed by atoms with E-state index in [0.717, 1.165) is 0 Å². The van der Waals surface area contributed by atoms with Crippen LogP contribution in [0.5, 0.6) is 5.75 Å². The predicted octanol–water partition coefficient (Wildman–Crippen LogP) is 2.43. The molecule has 0 radical (unpaired) electrons. The summed E-state index contributed by atoms with van der Waals surface area (Å²) in [5, 5.41) is 12.6. The second-order valence-electron chi connectivity index (χ2n) is 3.77. The van der Waals surface area contributed by atoms with Crippen LogP contribution in [0, 0.1) is 5.92 Å². The number of hydrogen-bond donors (Lipinski definition) is 2. The fourth-order valence-corrected chi connectivity index (χ4v) is 1.26. The zero-order valence-electron chi connectivity index (χ0n) is 8.75. The van der Waals surface area contributed by atoms with Gasteiger partial charge in [-0.3, -0.25) is 4.79 Å². The molecular weight excluding hydrogens is 214 g/mol. The number of hydrogen-bond acceptors (Lipinski definition) is 2. The van der Waals surface area contributed by atoms with E-state index in [1.54, 1.807) is 6.07 Å². The first-order valence-corrected chi connectivity index (χ1v) is 5.15. The predicted molar refractivity (Wildman–Crippen MR) is 60.3 cm³/mol. The third-order valence-electron chi connectivity index (χ3n) is 1.88. The molecule has 0 fully saturated rings. The Hall–Kier alpha value is -1.22. The molecule has 0 aromatic heterocycles. The second-order valence-corrected chi connectivity index (χ2v) is 4.20. The molecule has 3 nitrogen and oxygen atoms in total. The van der Waals surface area contributed by atoms with E-state index in [0.29, 0.717) is 17.5 Å². The maximum absolute atomic E-state index is 11.6. The number of amides is 1. The number of nitrogens with one attached hydrogen (secondary N) is 1. The molecule has 0 aliphatic heterocycles. The molecule has 4 heteroatoms. The average Bonchev–Trinajstić information content (AvgIpc) is 2.14. The van der Waals surface area contributed by atoms with E-state index >= 15 is 0 Å². The Labute approximate surface area is 94.1 Å². The Balaban J connectivity index is 2.74. The molecule has 0 atom stereocenters. The normalized spacial score (nSPS) is 10.4. The molecule has 0 aliphatic rings. The minimum atomic E-state index is -0.280. The van der Waals surface area contributed by atoms with Gasteiger partial charge in [0.1, 0.15) is 5.75 Å². The fourth-order valence-electron chi connectivity index (χ4n) is 1.09. The van der Waals surface area contributed by atoms with Crippen LogP contribution in [0.15, 0.2) is 18.2 Å². The molecule has 0 saturated carbocycles. The molecule has 0 aliphatic carbocycles. The van der Waals surface area contributed by atoms with Gasteiger partial charge in [0, 0.05) is 11.6 Å². The van der Waals surface area contributed by atoms with E-state index in [1.807, 2.05) is 13.8 Å². The molecule has 0 unspecified atom stereocenters. The molecule has 2 N–H and O–H groups in total. The lowest BCUT2D eigenvalue weighted by Crippen LogP contribution is -2.27. The van der Waals surface area contributed by atoms with Crippen molar-refractivity contribution in [3.05, 3.63) is 28.8 Å². The summed E-state index contributed by atoms with van der Waals surface area (Å²) in [6.07, 6.45) is 0. The van der Waals surface area contributed by atoms with Crippen molar-refractivity contribution in [1.29, 1.82) is 0 Å². The number of phenolic OH excluding ortho intramolecular Hbond substituents is 1. The number of rotatable bonds is 3. The summed E-state index contributed by atoms with van der Waals surface area (Å²) in [6.45, 7) is 4.59. The zero-order chi connectivity index (χ0) is 11.4. The van der Waals surface area contributed by atoms with E-state index in [2.05, 4.69) is 5.32 Å². The monoisotopic (exact) mass is 227 g/mol. The Morgan fingerprint density at radius 1 is 1.53 bits per heavy atom. The van der Waals surface area contributed by atoms with Crippen molar-refractivity contribution >= 4 is 17.5 Å². The van der Waals surface area contributed by atoms with Crippen LogP contribution in [0.4, 0.5) is 0 Å². The number of halogens is 1. The van der Waals surface area contributed by atoms with Crippen molar-refractivity contribution in [2.45, 2.75) is 13.8 Å². The number of phenols is 1. The number of aromatic hydroxyl groups is 1. The lowest BCUT2D eigenvalue weighted by molar-refractivity contribution is 0.0946. The van der Waals surface area contributed by atoms with Crippen LogP contribution in [0.25, 0.3) is 0 Å². The standard InChI is InChI=1S/C11H14ClNO2/c1-7(2)6-13-11(15)9-4-3-8(12)5-10(9)14/h3-5,7,14H,6H2,1-2H3,(H,13,15). The summed E-state index contributed by atoms with van der Waals surface area (Å²) < 4.78 is 0. The molecule has 1 amide bonds. The first-order chi connectivity index (χ1) is 7.00. The summed E-state index contributed by atoms with van der Waals surface area (Å²) in [5.74, 6) is 0.00464. The second kappa shape index (κ2) is 5.03. The van der Waals surface area contributed by atoms with Gasteiger partial charge in [0.15, 0.2) is 0 Å². The van der Waals surface area contributed by atoms with E-state index < -0.39 is 0 Å². The third kappa shape index (κ3) is 3.44. The number of carbonyl (C=O) groups excluding carboxylic acids is 1. The van der Waals surface area contributed by atoms with E-state index in [-0.39, 0.29) is 17.2 Å². The highest BCUT2D eigenvalue weighted by molar-refractivity contribution is 6.30. The highest BCUT2D eigenvalue weighted by Crippen LogP contribution is 2.21. The topological polar surface area (TPSA) is 49.3 Å². The van der Waals surface area contributed by atoms with Gasteiger partial charge < -0.3 is 10.4 Å². The first kappa shape index (κ1) is 11.9. The lowest BCUT2D eigenvalue weighted by Gasteiger charge is -2.08. The van der Waals surface area contributed by atoms with Crippen LogP contribution < -0.4 is 5.32 Å². The maximum atomic E-state index is 11.6. The van der Waals surface area contributed by atoms with Gasteiger partial charge in [0.05, 0.1) is 5.56 Å². The Kier molecular flexibility index (Phi) is 3.97. The molecule has 82 valence electrons. The highest BCUT2D eigenvalue weighted by Gasteiger charge is 2.10. The molecule has 0 heterocycles. The van der Waals surface area contributed by atoms with Crippen LogP contribution in [-0.2, 0) is 0 Å². The molecular formula is C11H14ClNO2. The van der Waals surface area contributed by atoms with Gasteiger partial charge in [-0.1, -0.05) is 25.4 Å². The molecule has 15 heavy (non-hydrogen) atoms. The summed E-state index contributed by atoms with van der Waals surface area (Å²) in [5.41, 5.74) is 0.250. The zero-order valence-corrected chi connectivity index (χ0v) is 9.51. The Morgan fingerprint density at radius 2 is 2.20 bits per heavy atom. The van der Waals surface area contributed by atoms with Gasteiger partial charge in [0.25, 0.3) is 5.91 Å². The smallest absolute Gasteiger partial charge is 0.255 e. The van der Waals surface area contributed by atoms with Crippen molar-refractivity contribution < 1.29 is 9.90 Å². The van der Waals surface area contributed by atoms with Crippen LogP contribution in [0.3, 0.4) is 0 Å². The van der Waals surface area contributed by atoms with Crippen molar-refractivity contribution in [3.63, 3.8) is 0 Å². The molecule has 0 saturated heterocycles. The van der Waals surface area contributed by atoms with Crippen molar-refractivity contribution in [1.82, 2.24) is 5.32 Å².